The third-order valence-corrected chi connectivity index (χ3v) is 3.86. The highest BCUT2D eigenvalue weighted by Gasteiger charge is 2.14. The Hall–Kier alpha value is -1.78. The first kappa shape index (κ1) is 19.3. The summed E-state index contributed by atoms with van der Waals surface area (Å²) in [5, 5.41) is 11.5. The molecule has 0 aromatic carbocycles. The van der Waals surface area contributed by atoms with Gasteiger partial charge in [0, 0.05) is 6.54 Å². The number of rotatable bonds is 13. The average Bonchev–Trinajstić information content (AvgIpc) is 3.02. The highest BCUT2D eigenvalue weighted by molar-refractivity contribution is 5.93. The monoisotopic (exact) mass is 323 g/mol. The van der Waals surface area contributed by atoms with Crippen LogP contribution in [0.4, 0.5) is 0 Å². The van der Waals surface area contributed by atoms with Crippen LogP contribution in [0, 0.1) is 0 Å². The Labute approximate surface area is 138 Å². The molecule has 23 heavy (non-hydrogen) atoms. The summed E-state index contributed by atoms with van der Waals surface area (Å²) in [5.74, 6) is -1.68. The van der Waals surface area contributed by atoms with Crippen molar-refractivity contribution in [3.63, 3.8) is 0 Å². The number of furan rings is 1. The molecule has 0 aliphatic rings. The molecule has 1 rings (SSSR count). The second-order valence-corrected chi connectivity index (χ2v) is 5.91. The number of aromatic carboxylic acids is 1. The fourth-order valence-corrected chi connectivity index (χ4v) is 2.48. The molecule has 5 heteroatoms. The number of hydrogen-bond donors (Lipinski definition) is 2. The van der Waals surface area contributed by atoms with E-state index in [1.165, 1.54) is 63.5 Å². The molecule has 0 bridgehead atoms. The summed E-state index contributed by atoms with van der Waals surface area (Å²) in [6.45, 7) is 2.83. The van der Waals surface area contributed by atoms with Gasteiger partial charge in [0.2, 0.25) is 5.76 Å². The first-order valence-electron chi connectivity index (χ1n) is 8.76. The molecule has 0 saturated carbocycles. The van der Waals surface area contributed by atoms with Gasteiger partial charge in [0.25, 0.3) is 5.91 Å². The van der Waals surface area contributed by atoms with Gasteiger partial charge in [-0.3, -0.25) is 4.79 Å². The Morgan fingerprint density at radius 2 is 1.43 bits per heavy atom. The molecule has 0 aliphatic carbocycles. The maximum Gasteiger partial charge on any atom is 0.371 e. The van der Waals surface area contributed by atoms with Gasteiger partial charge in [-0.2, -0.15) is 0 Å². The summed E-state index contributed by atoms with van der Waals surface area (Å²) in [7, 11) is 0. The predicted molar refractivity (Wildman–Crippen MR) is 89.8 cm³/mol. The minimum absolute atomic E-state index is 0.0504. The summed E-state index contributed by atoms with van der Waals surface area (Å²) in [6.07, 6.45) is 12.5. The molecule has 1 aromatic heterocycles. The topological polar surface area (TPSA) is 79.5 Å². The van der Waals surface area contributed by atoms with E-state index in [1.807, 2.05) is 0 Å². The van der Waals surface area contributed by atoms with Crippen molar-refractivity contribution in [1.29, 1.82) is 0 Å². The number of carbonyl (C=O) groups is 2. The highest BCUT2D eigenvalue weighted by Crippen LogP contribution is 2.10. The van der Waals surface area contributed by atoms with Crippen LogP contribution in [0.1, 0.15) is 92.2 Å². The second kappa shape index (κ2) is 11.7. The third-order valence-electron chi connectivity index (χ3n) is 3.86. The van der Waals surface area contributed by atoms with Crippen molar-refractivity contribution in [1.82, 2.24) is 5.32 Å². The Bertz CT molecular complexity index is 467. The molecule has 0 aliphatic heterocycles. The zero-order chi connectivity index (χ0) is 16.9. The minimum atomic E-state index is -1.17. The number of carboxylic acid groups (broad SMARTS) is 1. The first-order valence-corrected chi connectivity index (χ1v) is 8.76. The standard InChI is InChI=1S/C18H29NO4/c1-2-3-4-5-6-7-8-9-10-11-14-19-17(20)15-12-13-16(23-15)18(21)22/h12-13H,2-11,14H2,1H3,(H,19,20)(H,21,22). The van der Waals surface area contributed by atoms with Crippen molar-refractivity contribution < 1.29 is 19.1 Å². The van der Waals surface area contributed by atoms with Crippen molar-refractivity contribution in [2.75, 3.05) is 6.54 Å². The van der Waals surface area contributed by atoms with Crippen LogP contribution in [-0.2, 0) is 0 Å². The molecule has 1 amide bonds. The predicted octanol–water partition coefficient (Wildman–Crippen LogP) is 4.63. The lowest BCUT2D eigenvalue weighted by Crippen LogP contribution is -2.23. The van der Waals surface area contributed by atoms with Crippen molar-refractivity contribution in [2.24, 2.45) is 0 Å². The fraction of sp³-hybridized carbons (Fsp3) is 0.667. The normalized spacial score (nSPS) is 10.7. The Morgan fingerprint density at radius 1 is 0.913 bits per heavy atom. The van der Waals surface area contributed by atoms with Gasteiger partial charge in [0.15, 0.2) is 5.76 Å². The van der Waals surface area contributed by atoms with Crippen LogP contribution < -0.4 is 5.32 Å². The summed E-state index contributed by atoms with van der Waals surface area (Å²) < 4.78 is 4.95. The van der Waals surface area contributed by atoms with Crippen LogP contribution in [0.15, 0.2) is 16.5 Å². The fourth-order valence-electron chi connectivity index (χ4n) is 2.48. The molecule has 0 atom stereocenters. The number of carboxylic acids is 1. The van der Waals surface area contributed by atoms with Crippen molar-refractivity contribution in [2.45, 2.75) is 71.1 Å². The molecule has 0 spiro atoms. The maximum absolute atomic E-state index is 11.7. The van der Waals surface area contributed by atoms with Crippen LogP contribution in [0.2, 0.25) is 0 Å². The molecule has 130 valence electrons. The van der Waals surface area contributed by atoms with Crippen molar-refractivity contribution in [3.05, 3.63) is 23.7 Å². The van der Waals surface area contributed by atoms with Crippen LogP contribution >= 0.6 is 0 Å². The van der Waals surface area contributed by atoms with Crippen LogP contribution in [0.5, 0.6) is 0 Å². The van der Waals surface area contributed by atoms with Gasteiger partial charge >= 0.3 is 5.97 Å². The van der Waals surface area contributed by atoms with Gasteiger partial charge in [-0.1, -0.05) is 64.7 Å². The van der Waals surface area contributed by atoms with E-state index in [0.29, 0.717) is 6.54 Å². The first-order chi connectivity index (χ1) is 11.1. The largest absolute Gasteiger partial charge is 0.475 e. The Morgan fingerprint density at radius 3 is 1.96 bits per heavy atom. The smallest absolute Gasteiger partial charge is 0.371 e. The van der Waals surface area contributed by atoms with Gasteiger partial charge in [0.05, 0.1) is 0 Å². The molecule has 0 radical (unpaired) electrons. The number of carbonyl (C=O) groups excluding carboxylic acids is 1. The molecule has 1 aromatic rings. The number of hydrogen-bond acceptors (Lipinski definition) is 3. The van der Waals surface area contributed by atoms with Gasteiger partial charge in [-0.15, -0.1) is 0 Å². The van der Waals surface area contributed by atoms with E-state index in [1.54, 1.807) is 0 Å². The van der Waals surface area contributed by atoms with Crippen molar-refractivity contribution in [3.8, 4) is 0 Å². The molecule has 2 N–H and O–H groups in total. The Kier molecular flexibility index (Phi) is 9.84. The Balaban J connectivity index is 1.98. The SMILES string of the molecule is CCCCCCCCCCCCNC(=O)c1ccc(C(=O)O)o1. The van der Waals surface area contributed by atoms with E-state index in [4.69, 9.17) is 9.52 Å². The van der Waals surface area contributed by atoms with Gasteiger partial charge in [-0.05, 0) is 18.6 Å². The second-order valence-electron chi connectivity index (χ2n) is 5.91. The number of unbranched alkanes of at least 4 members (excludes halogenated alkanes) is 9. The molecule has 5 nitrogen and oxygen atoms in total. The minimum Gasteiger partial charge on any atom is -0.475 e. The van der Waals surface area contributed by atoms with E-state index in [-0.39, 0.29) is 17.4 Å². The molecule has 0 fully saturated rings. The summed E-state index contributed by atoms with van der Waals surface area (Å²) in [6, 6.07) is 2.68. The highest BCUT2D eigenvalue weighted by atomic mass is 16.4. The number of amides is 1. The lowest BCUT2D eigenvalue weighted by atomic mass is 10.1. The lowest BCUT2D eigenvalue weighted by molar-refractivity contribution is 0.0659. The van der Waals surface area contributed by atoms with Gasteiger partial charge in [-0.25, -0.2) is 4.79 Å². The molecule has 0 saturated heterocycles. The molecule has 0 unspecified atom stereocenters. The van der Waals surface area contributed by atoms with Crippen molar-refractivity contribution >= 4 is 11.9 Å². The maximum atomic E-state index is 11.7. The van der Waals surface area contributed by atoms with E-state index >= 15 is 0 Å². The van der Waals surface area contributed by atoms with Gasteiger partial charge < -0.3 is 14.8 Å². The van der Waals surface area contributed by atoms with Gasteiger partial charge in [0.1, 0.15) is 0 Å². The summed E-state index contributed by atoms with van der Waals surface area (Å²) in [5.41, 5.74) is 0. The van der Waals surface area contributed by atoms with E-state index in [9.17, 15) is 9.59 Å². The molecular formula is C18H29NO4. The van der Waals surface area contributed by atoms with E-state index in [2.05, 4.69) is 12.2 Å². The van der Waals surface area contributed by atoms with Crippen LogP contribution in [-0.4, -0.2) is 23.5 Å². The average molecular weight is 323 g/mol. The quantitative estimate of drug-likeness (QED) is 0.519. The van der Waals surface area contributed by atoms with Crippen LogP contribution in [0.25, 0.3) is 0 Å². The third kappa shape index (κ3) is 8.43. The zero-order valence-corrected chi connectivity index (χ0v) is 14.1. The van der Waals surface area contributed by atoms with E-state index < -0.39 is 5.97 Å². The molecular weight excluding hydrogens is 294 g/mol. The lowest BCUT2D eigenvalue weighted by Gasteiger charge is -2.04. The number of nitrogens with one attached hydrogen (secondary N) is 1. The van der Waals surface area contributed by atoms with Crippen LogP contribution in [0.3, 0.4) is 0 Å². The van der Waals surface area contributed by atoms with E-state index in [0.717, 1.165) is 12.8 Å². The summed E-state index contributed by atoms with van der Waals surface area (Å²) >= 11 is 0. The zero-order valence-electron chi connectivity index (χ0n) is 14.1. The molecule has 1 heterocycles. The summed E-state index contributed by atoms with van der Waals surface area (Å²) in [4.78, 5) is 22.4.